The Morgan fingerprint density at radius 2 is 0.810 bits per heavy atom. The van der Waals surface area contributed by atoms with E-state index in [0.717, 1.165) is 0 Å². The molecule has 16 heteroatoms. The lowest BCUT2D eigenvalue weighted by Gasteiger charge is -2.43. The van der Waals surface area contributed by atoms with E-state index in [1.807, 2.05) is 0 Å². The summed E-state index contributed by atoms with van der Waals surface area (Å²) >= 11 is 0. The van der Waals surface area contributed by atoms with Gasteiger partial charge >= 0.3 is 30.4 Å². The molecule has 0 spiro atoms. The molecule has 0 aliphatic carbocycles. The zero-order valence-electron chi connectivity index (χ0n) is 23.0. The fraction of sp³-hybridized carbons (Fsp3) is 0.500. The van der Waals surface area contributed by atoms with Crippen LogP contribution in [0.3, 0.4) is 0 Å². The fourth-order valence-corrected chi connectivity index (χ4v) is 11.9. The van der Waals surface area contributed by atoms with Gasteiger partial charge in [0, 0.05) is 0 Å². The molecular weight excluding hydrogens is 614 g/mol. The van der Waals surface area contributed by atoms with Crippen LogP contribution in [0.4, 0.5) is 57.5 Å². The Kier molecular flexibility index (Phi) is 7.94. The third kappa shape index (κ3) is 5.86. The van der Waals surface area contributed by atoms with Gasteiger partial charge in [0.1, 0.15) is 7.26 Å². The first-order chi connectivity index (χ1) is 18.5. The Morgan fingerprint density at radius 1 is 0.548 bits per heavy atom. The predicted molar refractivity (Wildman–Crippen MR) is 136 cm³/mol. The summed E-state index contributed by atoms with van der Waals surface area (Å²) in [4.78, 5) is 13.8. The van der Waals surface area contributed by atoms with Crippen molar-refractivity contribution in [3.8, 4) is 0 Å². The highest BCUT2D eigenvalue weighted by Crippen LogP contribution is 2.80. The topological polar surface area (TPSA) is 26.3 Å². The molecular formula is C26H26BF12O2P. The number of rotatable bonds is 2. The van der Waals surface area contributed by atoms with Crippen molar-refractivity contribution in [3.05, 3.63) is 58.7 Å². The number of benzene rings is 2. The molecule has 1 fully saturated rings. The molecule has 0 amide bonds. The lowest BCUT2D eigenvalue weighted by atomic mass is 9.33. The van der Waals surface area contributed by atoms with Crippen LogP contribution in [-0.4, -0.2) is 28.4 Å². The van der Waals surface area contributed by atoms with E-state index in [4.69, 9.17) is 4.65 Å². The van der Waals surface area contributed by atoms with Crippen molar-refractivity contribution in [2.45, 2.75) is 76.6 Å². The fourth-order valence-electron chi connectivity index (χ4n) is 5.90. The van der Waals surface area contributed by atoms with Gasteiger partial charge in [0.25, 0.3) is 6.35 Å². The van der Waals surface area contributed by atoms with Crippen molar-refractivity contribution in [1.82, 2.24) is 0 Å². The van der Waals surface area contributed by atoms with E-state index >= 15 is 0 Å². The first-order valence-electron chi connectivity index (χ1n) is 12.3. The maximum absolute atomic E-state index is 13.8. The van der Waals surface area contributed by atoms with Crippen LogP contribution >= 0.6 is 7.26 Å². The second-order valence-electron chi connectivity index (χ2n) is 12.4. The van der Waals surface area contributed by atoms with Gasteiger partial charge < -0.3 is 4.65 Å². The summed E-state index contributed by atoms with van der Waals surface area (Å²) in [5.74, 6) is 0. The van der Waals surface area contributed by atoms with Crippen molar-refractivity contribution in [3.63, 3.8) is 0 Å². The summed E-state index contributed by atoms with van der Waals surface area (Å²) in [5.41, 5.74) is -10.5. The van der Waals surface area contributed by atoms with Crippen LogP contribution < -0.4 is 10.9 Å². The Bertz CT molecular complexity index is 1220. The van der Waals surface area contributed by atoms with E-state index in [-0.39, 0.29) is 36.4 Å². The van der Waals surface area contributed by atoms with Crippen LogP contribution in [0.1, 0.15) is 63.8 Å². The second-order valence-corrected chi connectivity index (χ2v) is 17.4. The molecule has 2 aromatic carbocycles. The second kappa shape index (κ2) is 9.79. The standard InChI is InChI=1S/C26H26BF12O2P/c1-21(2,3)42(22(4,5)6)13-27(41-20(42)40,18-9-14(23(28,29)30)7-15(10-18)24(31,32)33)19-11-16(25(34,35)36)8-17(12-19)26(37,38)39/h7-12H,13H2,1-6H3. The summed E-state index contributed by atoms with van der Waals surface area (Å²) in [6.07, 6.45) is -25.5. The van der Waals surface area contributed by atoms with Crippen LogP contribution in [0.25, 0.3) is 0 Å². The number of carbonyl (C=O) groups is 1. The molecule has 1 saturated heterocycles. The molecule has 1 aliphatic heterocycles. The summed E-state index contributed by atoms with van der Waals surface area (Å²) < 4.78 is 172. The maximum atomic E-state index is 13.8. The summed E-state index contributed by atoms with van der Waals surface area (Å²) in [6, 6.07) is -0.373. The minimum absolute atomic E-state index is 0.196. The molecule has 2 aromatic rings. The Balaban J connectivity index is 2.61. The molecule has 0 bridgehead atoms. The Labute approximate surface area is 234 Å². The Hall–Kier alpha value is -2.44. The molecule has 0 unspecified atom stereocenters. The smallest absolute Gasteiger partial charge is 0.416 e. The summed E-state index contributed by atoms with van der Waals surface area (Å²) in [7, 11) is -3.44. The molecule has 0 aromatic heterocycles. The first-order valence-corrected chi connectivity index (χ1v) is 14.3. The average Bonchev–Trinajstić information content (AvgIpc) is 3.12. The van der Waals surface area contributed by atoms with Gasteiger partial charge in [0.05, 0.1) is 32.6 Å². The van der Waals surface area contributed by atoms with Gasteiger partial charge in [0.2, 0.25) is 0 Å². The molecule has 0 radical (unpaired) electrons. The summed E-state index contributed by atoms with van der Waals surface area (Å²) in [6.45, 7) is 9.33. The molecule has 234 valence electrons. The maximum Gasteiger partial charge on any atom is 0.416 e. The van der Waals surface area contributed by atoms with E-state index < -0.39 is 93.6 Å². The van der Waals surface area contributed by atoms with E-state index in [2.05, 4.69) is 0 Å². The van der Waals surface area contributed by atoms with Gasteiger partial charge in [-0.3, -0.25) is 0 Å². The lowest BCUT2D eigenvalue weighted by molar-refractivity contribution is -0.144. The Morgan fingerprint density at radius 3 is 1.00 bits per heavy atom. The highest BCUT2D eigenvalue weighted by molar-refractivity contribution is 7.96. The van der Waals surface area contributed by atoms with Crippen molar-refractivity contribution < 1.29 is 62.1 Å². The quantitative estimate of drug-likeness (QED) is 0.186. The third-order valence-corrected chi connectivity index (χ3v) is 14.1. The third-order valence-electron chi connectivity index (χ3n) is 7.73. The molecule has 0 N–H and O–H groups in total. The van der Waals surface area contributed by atoms with Crippen molar-refractivity contribution in [2.24, 2.45) is 0 Å². The molecule has 0 atom stereocenters. The van der Waals surface area contributed by atoms with E-state index in [9.17, 15) is 57.5 Å². The van der Waals surface area contributed by atoms with Crippen molar-refractivity contribution in [1.29, 1.82) is 0 Å². The molecule has 1 aliphatic rings. The van der Waals surface area contributed by atoms with Crippen LogP contribution in [0, 0.1) is 0 Å². The number of carbonyl (C=O) groups excluding carboxylic acids is 1. The molecule has 1 heterocycles. The van der Waals surface area contributed by atoms with Crippen LogP contribution in [0.5, 0.6) is 0 Å². The monoisotopic (exact) mass is 640 g/mol. The van der Waals surface area contributed by atoms with Gasteiger partial charge in [0.15, 0.2) is 0 Å². The minimum Gasteiger partial charge on any atom is -0.648 e. The van der Waals surface area contributed by atoms with E-state index in [0.29, 0.717) is 0 Å². The highest BCUT2D eigenvalue weighted by atomic mass is 31.2. The highest BCUT2D eigenvalue weighted by Gasteiger charge is 2.71. The van der Waals surface area contributed by atoms with Crippen LogP contribution in [-0.2, 0) is 29.4 Å². The largest absolute Gasteiger partial charge is 0.648 e. The number of hydrogen-bond acceptors (Lipinski definition) is 2. The van der Waals surface area contributed by atoms with E-state index in [1.54, 1.807) is 41.5 Å². The lowest BCUT2D eigenvalue weighted by Crippen LogP contribution is -2.62. The van der Waals surface area contributed by atoms with Crippen molar-refractivity contribution >= 4 is 30.2 Å². The van der Waals surface area contributed by atoms with Gasteiger partial charge in [-0.25, -0.2) is 4.79 Å². The number of alkyl halides is 12. The molecule has 42 heavy (non-hydrogen) atoms. The number of halogens is 12. The summed E-state index contributed by atoms with van der Waals surface area (Å²) in [5, 5.41) is -2.15. The van der Waals surface area contributed by atoms with E-state index in [1.165, 1.54) is 0 Å². The van der Waals surface area contributed by atoms with Gasteiger partial charge in [-0.05, 0) is 59.7 Å². The normalized spacial score (nSPS) is 18.3. The van der Waals surface area contributed by atoms with Gasteiger partial charge in [-0.1, -0.05) is 24.3 Å². The van der Waals surface area contributed by atoms with Gasteiger partial charge in [-0.15, -0.1) is 0 Å². The van der Waals surface area contributed by atoms with Crippen molar-refractivity contribution in [2.75, 3.05) is 6.06 Å². The van der Waals surface area contributed by atoms with Crippen LogP contribution in [0.2, 0.25) is 0 Å². The number of hydrogen-bond donors (Lipinski definition) is 0. The van der Waals surface area contributed by atoms with Gasteiger partial charge in [-0.2, -0.15) is 63.6 Å². The minimum atomic E-state index is -5.40. The first kappa shape index (κ1) is 34.1. The molecule has 3 rings (SSSR count). The average molecular weight is 640 g/mol. The predicted octanol–water partition coefficient (Wildman–Crippen LogP) is 9.13. The molecule has 2 nitrogen and oxygen atoms in total. The zero-order valence-corrected chi connectivity index (χ0v) is 23.9. The molecule has 0 saturated carbocycles. The zero-order chi connectivity index (χ0) is 32.7. The van der Waals surface area contributed by atoms with Crippen LogP contribution in [0.15, 0.2) is 36.4 Å². The SMILES string of the molecule is CC(C)(C)[P+]1(C(C)(C)C)C[B-](c2cc(C(F)(F)F)cc(C(F)(F)F)c2)(c2cc(C(F)(F)F)cc(C(F)(F)F)c2)OC1=O.